The molecule has 0 radical (unpaired) electrons. The van der Waals surface area contributed by atoms with E-state index in [9.17, 15) is 79.2 Å². The van der Waals surface area contributed by atoms with Crippen molar-refractivity contribution in [3.63, 3.8) is 0 Å². The molecule has 314 valence electrons. The molecule has 5 heterocycles. The monoisotopic (exact) mass is 858 g/mol. The number of hydrogen-bond donors (Lipinski definition) is 2. The number of H-pyrrole nitrogens is 2. The van der Waals surface area contributed by atoms with Gasteiger partial charge in [0.1, 0.15) is 22.6 Å². The van der Waals surface area contributed by atoms with Gasteiger partial charge in [-0.15, -0.1) is 0 Å². The number of aromatic nitrogens is 8. The van der Waals surface area contributed by atoms with Crippen LogP contribution in [0.4, 0.5) is 0 Å². The Labute approximate surface area is 349 Å². The van der Waals surface area contributed by atoms with E-state index in [1.165, 1.54) is 30.3 Å². The van der Waals surface area contributed by atoms with Crippen LogP contribution in [0.2, 0.25) is 0 Å². The van der Waals surface area contributed by atoms with Crippen LogP contribution in [0.5, 0.6) is 0 Å². The van der Waals surface area contributed by atoms with Crippen LogP contribution in [0.3, 0.4) is 0 Å². The molecule has 0 aliphatic carbocycles. The summed E-state index contributed by atoms with van der Waals surface area (Å²) in [6.45, 7) is 0. The van der Waals surface area contributed by atoms with Crippen molar-refractivity contribution in [3.05, 3.63) is 93.0 Å². The number of carbonyl (C=O) groups is 8. The Morgan fingerprint density at radius 2 is 0.609 bits per heavy atom. The third kappa shape index (κ3) is 5.56. The minimum absolute atomic E-state index is 0.0129. The van der Waals surface area contributed by atoms with Crippen molar-refractivity contribution >= 4 is 91.9 Å². The highest BCUT2D eigenvalue weighted by atomic mass is 16.4. The zero-order valence-electron chi connectivity index (χ0n) is 30.8. The van der Waals surface area contributed by atoms with Crippen molar-refractivity contribution in [3.8, 4) is 45.6 Å². The molecular formula is C40H10N8O16-8. The second-order valence-electron chi connectivity index (χ2n) is 13.5. The molecule has 0 saturated heterocycles. The smallest absolute Gasteiger partial charge is 0.165 e. The third-order valence-corrected chi connectivity index (χ3v) is 10.2. The Morgan fingerprint density at radius 1 is 0.328 bits per heavy atom. The maximum absolute atomic E-state index is 12.9. The standard InChI is InChI=1S/C40H18N8O16/c49-33(50)17-13-15(19(35(53)54)23(39(61)62)21(17)37(57)58)31-46-29(13)44-27-11-7-3-1-5-9(11)25(42-27)41-26-10-6-2-4-8-12(10)28(43-26)45-30-14-16(32(47-30)48-31)20(36(55)56)24(40(63)64)22(38(59)60)18(14)34(51)52/h1-8H,(H,49,50)(H,51,52)(H,53,54)(H,55,56)(H,57,58)(H,59,60)(H,61,62)(H,63,64)(H2,41,42,43,44,45,46,47,48)/p-8. The first-order valence-electron chi connectivity index (χ1n) is 17.6. The molecule has 0 amide bonds. The van der Waals surface area contributed by atoms with Gasteiger partial charge in [0.05, 0.1) is 47.8 Å². The van der Waals surface area contributed by atoms with Crippen LogP contribution in [0.25, 0.3) is 89.7 Å². The van der Waals surface area contributed by atoms with E-state index >= 15 is 0 Å². The Hall–Kier alpha value is -10.0. The van der Waals surface area contributed by atoms with Crippen LogP contribution in [0.15, 0.2) is 48.5 Å². The normalized spacial score (nSPS) is 11.5. The minimum Gasteiger partial charge on any atom is -0.545 e. The molecule has 4 aromatic carbocycles. The van der Waals surface area contributed by atoms with Gasteiger partial charge in [-0.3, -0.25) is 0 Å². The maximum Gasteiger partial charge on any atom is 0.165 e. The summed E-state index contributed by atoms with van der Waals surface area (Å²) in [6, 6.07) is 12.2. The number of hydrogen-bond acceptors (Lipinski definition) is 22. The lowest BCUT2D eigenvalue weighted by atomic mass is 9.86. The van der Waals surface area contributed by atoms with Crippen LogP contribution in [0, 0.1) is 0 Å². The number of carboxylic acids is 8. The fourth-order valence-corrected chi connectivity index (χ4v) is 7.84. The lowest BCUT2D eigenvalue weighted by Gasteiger charge is -2.25. The molecule has 0 unspecified atom stereocenters. The number of carbonyl (C=O) groups excluding carboxylic acids is 8. The predicted molar refractivity (Wildman–Crippen MR) is 191 cm³/mol. The van der Waals surface area contributed by atoms with Gasteiger partial charge in [-0.25, -0.2) is 29.9 Å². The summed E-state index contributed by atoms with van der Waals surface area (Å²) in [7, 11) is 0. The van der Waals surface area contributed by atoms with Gasteiger partial charge in [-0.1, -0.05) is 48.5 Å². The van der Waals surface area contributed by atoms with Crippen LogP contribution >= 0.6 is 0 Å². The van der Waals surface area contributed by atoms with E-state index < -0.39 is 137 Å². The molecule has 64 heavy (non-hydrogen) atoms. The fraction of sp³-hybridized carbons (Fsp3) is 0. The van der Waals surface area contributed by atoms with E-state index in [4.69, 9.17) is 0 Å². The van der Waals surface area contributed by atoms with E-state index in [2.05, 4.69) is 39.9 Å². The number of nitrogens with zero attached hydrogens (tertiary/aromatic N) is 6. The van der Waals surface area contributed by atoms with Crippen molar-refractivity contribution in [2.75, 3.05) is 0 Å². The molecule has 24 nitrogen and oxygen atoms in total. The number of fused-ring (bicyclic) bond motifs is 20. The van der Waals surface area contributed by atoms with Crippen LogP contribution in [-0.2, 0) is 0 Å². The van der Waals surface area contributed by atoms with Crippen molar-refractivity contribution in [1.82, 2.24) is 39.9 Å². The molecule has 0 fully saturated rings. The number of aromatic amines is 2. The van der Waals surface area contributed by atoms with Gasteiger partial charge in [-0.05, 0) is 0 Å². The SMILES string of the molecule is O=C([O-])c1c(C(=O)[O-])c(C(=O)[O-])c2c(c1C(=O)[O-])-c1nc-2nc2[nH]c(nc3nc(nc4[nH]c(n1)c1ccccc41)-c1ccccc1-3)c1c(C(=O)[O-])c(C(=O)[O-])c(C(=O)[O-])c(C(=O)[O-])c21. The molecule has 8 bridgehead atoms. The number of nitrogens with one attached hydrogen (secondary N) is 2. The quantitative estimate of drug-likeness (QED) is 0.143. The Bertz CT molecular complexity index is 3670. The number of aromatic carboxylic acids is 8. The predicted octanol–water partition coefficient (Wildman–Crippen LogP) is -6.22. The molecule has 0 saturated carbocycles. The van der Waals surface area contributed by atoms with Gasteiger partial charge in [0.2, 0.25) is 0 Å². The maximum atomic E-state index is 12.9. The van der Waals surface area contributed by atoms with Crippen molar-refractivity contribution in [2.45, 2.75) is 0 Å². The summed E-state index contributed by atoms with van der Waals surface area (Å²) in [5, 5.41) is 100. The van der Waals surface area contributed by atoms with Crippen molar-refractivity contribution in [2.24, 2.45) is 0 Å². The number of benzene rings is 4. The van der Waals surface area contributed by atoms with Crippen LogP contribution in [0.1, 0.15) is 82.9 Å². The Morgan fingerprint density at radius 3 is 0.984 bits per heavy atom. The highest BCUT2D eigenvalue weighted by Gasteiger charge is 2.35. The second kappa shape index (κ2) is 13.8. The van der Waals surface area contributed by atoms with Gasteiger partial charge in [0.25, 0.3) is 0 Å². The first-order chi connectivity index (χ1) is 30.4. The lowest BCUT2D eigenvalue weighted by Crippen LogP contribution is -2.38. The fourth-order valence-electron chi connectivity index (χ4n) is 7.84. The van der Waals surface area contributed by atoms with E-state index in [0.29, 0.717) is 5.39 Å². The van der Waals surface area contributed by atoms with Gasteiger partial charge in [0, 0.05) is 88.3 Å². The molecule has 9 rings (SSSR count). The van der Waals surface area contributed by atoms with Crippen LogP contribution in [-0.4, -0.2) is 87.6 Å². The largest absolute Gasteiger partial charge is 0.545 e. The number of carboxylic acid groups (broad SMARTS) is 8. The first-order valence-corrected chi connectivity index (χ1v) is 17.6. The number of rotatable bonds is 8. The van der Waals surface area contributed by atoms with E-state index in [0.717, 1.165) is 0 Å². The van der Waals surface area contributed by atoms with Crippen molar-refractivity contribution in [1.29, 1.82) is 0 Å². The average Bonchev–Trinajstić information content (AvgIpc) is 3.97. The Balaban J connectivity index is 1.66. The zero-order chi connectivity index (χ0) is 45.8. The molecule has 2 N–H and O–H groups in total. The summed E-state index contributed by atoms with van der Waals surface area (Å²) in [5.41, 5.74) is -18.0. The van der Waals surface area contributed by atoms with E-state index in [1.54, 1.807) is 18.2 Å². The highest BCUT2D eigenvalue weighted by Crippen LogP contribution is 2.44. The highest BCUT2D eigenvalue weighted by molar-refractivity contribution is 6.28. The third-order valence-electron chi connectivity index (χ3n) is 10.2. The molecule has 3 aromatic heterocycles. The average molecular weight is 859 g/mol. The van der Waals surface area contributed by atoms with E-state index in [1.807, 2.05) is 0 Å². The lowest BCUT2D eigenvalue weighted by molar-refractivity contribution is -0.262. The van der Waals surface area contributed by atoms with Gasteiger partial charge >= 0.3 is 0 Å². The molecule has 2 aliphatic heterocycles. The summed E-state index contributed by atoms with van der Waals surface area (Å²) >= 11 is 0. The van der Waals surface area contributed by atoms with Crippen molar-refractivity contribution < 1.29 is 79.2 Å². The summed E-state index contributed by atoms with van der Waals surface area (Å²) in [4.78, 5) is 133. The van der Waals surface area contributed by atoms with Gasteiger partial charge in [-0.2, -0.15) is 0 Å². The summed E-state index contributed by atoms with van der Waals surface area (Å²) in [6.07, 6.45) is 0. The zero-order valence-corrected chi connectivity index (χ0v) is 30.8. The topological polar surface area (TPSA) is 430 Å². The Kier molecular flexibility index (Phi) is 8.49. The summed E-state index contributed by atoms with van der Waals surface area (Å²) < 4.78 is 0. The second-order valence-corrected chi connectivity index (χ2v) is 13.5. The molecule has 2 aliphatic rings. The van der Waals surface area contributed by atoms with Crippen LogP contribution < -0.4 is 40.9 Å². The molecule has 0 spiro atoms. The molecule has 0 atom stereocenters. The minimum atomic E-state index is -2.63. The van der Waals surface area contributed by atoms with Gasteiger partial charge < -0.3 is 89.2 Å². The molecule has 7 aromatic rings. The van der Waals surface area contributed by atoms with Gasteiger partial charge in [0.15, 0.2) is 23.3 Å². The van der Waals surface area contributed by atoms with E-state index in [-0.39, 0.29) is 39.5 Å². The molecule has 24 heteroatoms. The molecular weight excluding hydrogens is 848 g/mol. The first kappa shape index (κ1) is 39.5. The summed E-state index contributed by atoms with van der Waals surface area (Å²) in [5.74, 6) is -23.0.